The minimum atomic E-state index is -0.850. The van der Waals surface area contributed by atoms with Gasteiger partial charge in [0.05, 0.1) is 12.8 Å². The second-order valence-electron chi connectivity index (χ2n) is 6.88. The van der Waals surface area contributed by atoms with Crippen LogP contribution in [0.15, 0.2) is 71.1 Å². The van der Waals surface area contributed by atoms with Gasteiger partial charge in [0.1, 0.15) is 22.7 Å². The quantitative estimate of drug-likeness (QED) is 0.443. The second kappa shape index (κ2) is 8.79. The fourth-order valence-corrected chi connectivity index (χ4v) is 3.21. The number of para-hydroxylation sites is 2. The molecule has 0 saturated heterocycles. The van der Waals surface area contributed by atoms with Gasteiger partial charge in [-0.2, -0.15) is 0 Å². The summed E-state index contributed by atoms with van der Waals surface area (Å²) in [5.74, 6) is -0.132. The number of esters is 1. The molecule has 0 aliphatic rings. The van der Waals surface area contributed by atoms with Crippen LogP contribution in [0.25, 0.3) is 21.9 Å². The van der Waals surface area contributed by atoms with Gasteiger partial charge in [-0.3, -0.25) is 4.79 Å². The molecule has 1 aromatic heterocycles. The van der Waals surface area contributed by atoms with Crippen LogP contribution < -0.4 is 14.8 Å². The molecule has 0 radical (unpaired) electrons. The van der Waals surface area contributed by atoms with E-state index in [2.05, 4.69) is 5.32 Å². The van der Waals surface area contributed by atoms with Crippen molar-refractivity contribution in [2.24, 2.45) is 0 Å². The molecule has 0 aliphatic carbocycles. The SMILES string of the molecule is COc1cc2c(cc1NC(=O)COC(=O)[C@H](C)Oc1ccccc1)oc1ccccc12. The number of hydrogen-bond acceptors (Lipinski definition) is 6. The fourth-order valence-electron chi connectivity index (χ4n) is 3.21. The van der Waals surface area contributed by atoms with Gasteiger partial charge in [-0.25, -0.2) is 4.79 Å². The normalized spacial score (nSPS) is 11.8. The molecule has 4 aromatic rings. The zero-order chi connectivity index (χ0) is 21.8. The number of nitrogens with one attached hydrogen (secondary N) is 1. The Labute approximate surface area is 178 Å². The largest absolute Gasteiger partial charge is 0.495 e. The summed E-state index contributed by atoms with van der Waals surface area (Å²) in [6, 6.07) is 20.0. The first kappa shape index (κ1) is 20.3. The van der Waals surface area contributed by atoms with E-state index < -0.39 is 24.6 Å². The van der Waals surface area contributed by atoms with Crippen LogP contribution >= 0.6 is 0 Å². The maximum atomic E-state index is 12.4. The van der Waals surface area contributed by atoms with Crippen LogP contribution in [0.2, 0.25) is 0 Å². The van der Waals surface area contributed by atoms with Crippen molar-refractivity contribution >= 4 is 39.5 Å². The Morgan fingerprint density at radius 1 is 0.968 bits per heavy atom. The number of hydrogen-bond donors (Lipinski definition) is 1. The van der Waals surface area contributed by atoms with Gasteiger partial charge in [0, 0.05) is 16.8 Å². The molecule has 0 fully saturated rings. The molecule has 0 aliphatic heterocycles. The number of amides is 1. The predicted octanol–water partition coefficient (Wildman–Crippen LogP) is 4.54. The second-order valence-corrected chi connectivity index (χ2v) is 6.88. The Hall–Kier alpha value is -4.00. The highest BCUT2D eigenvalue weighted by atomic mass is 16.6. The third-order valence-electron chi connectivity index (χ3n) is 4.71. The molecule has 158 valence electrons. The van der Waals surface area contributed by atoms with Gasteiger partial charge in [-0.15, -0.1) is 0 Å². The van der Waals surface area contributed by atoms with Gasteiger partial charge in [0.25, 0.3) is 5.91 Å². The van der Waals surface area contributed by atoms with Crippen molar-refractivity contribution in [3.63, 3.8) is 0 Å². The Morgan fingerprint density at radius 3 is 2.48 bits per heavy atom. The van der Waals surface area contributed by atoms with E-state index in [9.17, 15) is 9.59 Å². The summed E-state index contributed by atoms with van der Waals surface area (Å²) in [6.45, 7) is 1.11. The van der Waals surface area contributed by atoms with Crippen molar-refractivity contribution in [1.82, 2.24) is 0 Å². The first-order chi connectivity index (χ1) is 15.0. The van der Waals surface area contributed by atoms with Crippen molar-refractivity contribution in [2.45, 2.75) is 13.0 Å². The fraction of sp³-hybridized carbons (Fsp3) is 0.167. The van der Waals surface area contributed by atoms with Crippen molar-refractivity contribution in [3.8, 4) is 11.5 Å². The van der Waals surface area contributed by atoms with Gasteiger partial charge in [-0.1, -0.05) is 36.4 Å². The van der Waals surface area contributed by atoms with Crippen LogP contribution in [0, 0.1) is 0 Å². The number of ether oxygens (including phenoxy) is 3. The third kappa shape index (κ3) is 4.45. The van der Waals surface area contributed by atoms with Crippen molar-refractivity contribution in [1.29, 1.82) is 0 Å². The van der Waals surface area contributed by atoms with Crippen molar-refractivity contribution in [2.75, 3.05) is 19.0 Å². The molecule has 1 N–H and O–H groups in total. The van der Waals surface area contributed by atoms with E-state index in [1.807, 2.05) is 30.3 Å². The summed E-state index contributed by atoms with van der Waals surface area (Å²) in [5, 5.41) is 4.53. The lowest BCUT2D eigenvalue weighted by Crippen LogP contribution is -2.29. The Morgan fingerprint density at radius 2 is 1.71 bits per heavy atom. The number of carbonyl (C=O) groups is 2. The molecule has 31 heavy (non-hydrogen) atoms. The summed E-state index contributed by atoms with van der Waals surface area (Å²) >= 11 is 0. The van der Waals surface area contributed by atoms with Crippen LogP contribution in [0.5, 0.6) is 11.5 Å². The molecule has 1 heterocycles. The third-order valence-corrected chi connectivity index (χ3v) is 4.71. The number of benzene rings is 3. The van der Waals surface area contributed by atoms with Crippen LogP contribution in [0.1, 0.15) is 6.92 Å². The average molecular weight is 419 g/mol. The summed E-state index contributed by atoms with van der Waals surface area (Å²) in [4.78, 5) is 24.5. The average Bonchev–Trinajstić information content (AvgIpc) is 3.14. The van der Waals surface area contributed by atoms with E-state index in [1.165, 1.54) is 7.11 Å². The maximum Gasteiger partial charge on any atom is 0.347 e. The number of carbonyl (C=O) groups excluding carboxylic acids is 2. The Bertz CT molecular complexity index is 1230. The molecule has 0 spiro atoms. The molecule has 4 rings (SSSR count). The molecule has 7 heteroatoms. The topological polar surface area (TPSA) is 87.0 Å². The monoisotopic (exact) mass is 419 g/mol. The highest BCUT2D eigenvalue weighted by Crippen LogP contribution is 2.36. The first-order valence-corrected chi connectivity index (χ1v) is 9.72. The highest BCUT2D eigenvalue weighted by Gasteiger charge is 2.19. The highest BCUT2D eigenvalue weighted by molar-refractivity contribution is 6.07. The number of rotatable bonds is 7. The minimum Gasteiger partial charge on any atom is -0.495 e. The summed E-state index contributed by atoms with van der Waals surface area (Å²) in [6.07, 6.45) is -0.850. The van der Waals surface area contributed by atoms with Crippen molar-refractivity contribution in [3.05, 3.63) is 66.7 Å². The van der Waals surface area contributed by atoms with E-state index in [4.69, 9.17) is 18.6 Å². The van der Waals surface area contributed by atoms with Crippen LogP contribution in [-0.2, 0) is 14.3 Å². The molecule has 3 aromatic carbocycles. The molecule has 0 unspecified atom stereocenters. The molecular weight excluding hydrogens is 398 g/mol. The lowest BCUT2D eigenvalue weighted by atomic mass is 10.1. The number of methoxy groups -OCH3 is 1. The summed E-state index contributed by atoms with van der Waals surface area (Å²) in [5.41, 5.74) is 1.77. The lowest BCUT2D eigenvalue weighted by Gasteiger charge is -2.14. The predicted molar refractivity (Wildman–Crippen MR) is 116 cm³/mol. The Kier molecular flexibility index (Phi) is 5.75. The zero-order valence-corrected chi connectivity index (χ0v) is 17.1. The molecule has 0 saturated carbocycles. The van der Waals surface area contributed by atoms with E-state index in [0.717, 1.165) is 16.4 Å². The van der Waals surface area contributed by atoms with E-state index in [1.54, 1.807) is 43.3 Å². The van der Waals surface area contributed by atoms with E-state index in [-0.39, 0.29) is 0 Å². The first-order valence-electron chi connectivity index (χ1n) is 9.72. The lowest BCUT2D eigenvalue weighted by molar-refractivity contribution is -0.153. The molecular formula is C24H21NO6. The zero-order valence-electron chi connectivity index (χ0n) is 17.1. The smallest absolute Gasteiger partial charge is 0.347 e. The van der Waals surface area contributed by atoms with E-state index >= 15 is 0 Å². The van der Waals surface area contributed by atoms with E-state index in [0.29, 0.717) is 22.8 Å². The van der Waals surface area contributed by atoms with Gasteiger partial charge < -0.3 is 23.9 Å². The summed E-state index contributed by atoms with van der Waals surface area (Å²) < 4.78 is 21.9. The molecule has 0 bridgehead atoms. The molecule has 1 atom stereocenters. The van der Waals surface area contributed by atoms with Crippen LogP contribution in [0.4, 0.5) is 5.69 Å². The number of anilines is 1. The molecule has 7 nitrogen and oxygen atoms in total. The Balaban J connectivity index is 1.42. The number of furan rings is 1. The summed E-state index contributed by atoms with van der Waals surface area (Å²) in [7, 11) is 1.52. The minimum absolute atomic E-state index is 0.420. The van der Waals surface area contributed by atoms with Crippen LogP contribution in [-0.4, -0.2) is 31.7 Å². The van der Waals surface area contributed by atoms with Gasteiger partial charge in [0.15, 0.2) is 12.7 Å². The van der Waals surface area contributed by atoms with Gasteiger partial charge >= 0.3 is 5.97 Å². The number of fused-ring (bicyclic) bond motifs is 3. The standard InChI is InChI=1S/C24H21NO6/c1-15(30-16-8-4-3-5-9-16)24(27)29-14-23(26)25-19-13-21-18(12-22(19)28-2)17-10-6-7-11-20(17)31-21/h3-13,15H,14H2,1-2H3,(H,25,26)/t15-/m0/s1. The van der Waals surface area contributed by atoms with Crippen LogP contribution in [0.3, 0.4) is 0 Å². The maximum absolute atomic E-state index is 12.4. The molecule has 1 amide bonds. The van der Waals surface area contributed by atoms with Gasteiger partial charge in [-0.05, 0) is 31.2 Å². The van der Waals surface area contributed by atoms with Gasteiger partial charge in [0.2, 0.25) is 0 Å². The van der Waals surface area contributed by atoms with Crippen molar-refractivity contribution < 1.29 is 28.2 Å².